The smallest absolute Gasteiger partial charge is 0.269 e. The minimum Gasteiger partial charge on any atom is -0.367 e. The Morgan fingerprint density at radius 1 is 1.19 bits per heavy atom. The molecule has 21 heavy (non-hydrogen) atoms. The third-order valence-electron chi connectivity index (χ3n) is 3.36. The largest absolute Gasteiger partial charge is 0.367 e. The van der Waals surface area contributed by atoms with E-state index in [1.165, 1.54) is 5.56 Å². The zero-order chi connectivity index (χ0) is 15.2. The van der Waals surface area contributed by atoms with Crippen molar-refractivity contribution in [1.29, 1.82) is 0 Å². The molecule has 0 atom stereocenters. The first kappa shape index (κ1) is 15.5. The molecule has 2 aromatic rings. The van der Waals surface area contributed by atoms with Crippen molar-refractivity contribution in [2.24, 2.45) is 0 Å². The van der Waals surface area contributed by atoms with Crippen molar-refractivity contribution in [2.45, 2.75) is 18.8 Å². The molecule has 0 amide bonds. The molecule has 0 unspecified atom stereocenters. The quantitative estimate of drug-likeness (QED) is 0.438. The summed E-state index contributed by atoms with van der Waals surface area (Å²) in [6, 6.07) is 15.2. The van der Waals surface area contributed by atoms with Crippen LogP contribution in [-0.2, 0) is 11.9 Å². The third kappa shape index (κ3) is 3.82. The van der Waals surface area contributed by atoms with Gasteiger partial charge in [0, 0.05) is 36.2 Å². The van der Waals surface area contributed by atoms with E-state index in [4.69, 9.17) is 0 Å². The number of non-ortho nitro benzene ring substituents is 1. The lowest BCUT2D eigenvalue weighted by Gasteiger charge is -2.25. The van der Waals surface area contributed by atoms with E-state index in [0.29, 0.717) is 5.33 Å². The van der Waals surface area contributed by atoms with Gasteiger partial charge in [0.15, 0.2) is 0 Å². The van der Waals surface area contributed by atoms with Crippen LogP contribution in [0.5, 0.6) is 0 Å². The van der Waals surface area contributed by atoms with E-state index in [-0.39, 0.29) is 10.6 Å². The lowest BCUT2D eigenvalue weighted by Crippen LogP contribution is -2.23. The standard InChI is InChI=1S/C16H17BrN2O2/c1-2-18(12-13-6-4-3-5-7-13)16-9-8-15(19(20)21)10-14(16)11-17/h3-10H,2,11-12H2,1H3. The Bertz CT molecular complexity index is 617. The monoisotopic (exact) mass is 348 g/mol. The van der Waals surface area contributed by atoms with Crippen LogP contribution in [0.15, 0.2) is 48.5 Å². The number of benzene rings is 2. The van der Waals surface area contributed by atoms with Crippen molar-refractivity contribution in [2.75, 3.05) is 11.4 Å². The molecule has 0 bridgehead atoms. The van der Waals surface area contributed by atoms with Crippen LogP contribution in [0.3, 0.4) is 0 Å². The first-order valence-electron chi connectivity index (χ1n) is 6.78. The molecule has 0 saturated heterocycles. The van der Waals surface area contributed by atoms with Gasteiger partial charge in [0.05, 0.1) is 4.92 Å². The fraction of sp³-hybridized carbons (Fsp3) is 0.250. The molecule has 0 N–H and O–H groups in total. The molecule has 2 aromatic carbocycles. The van der Waals surface area contributed by atoms with Crippen molar-refractivity contribution in [3.05, 3.63) is 69.8 Å². The van der Waals surface area contributed by atoms with Gasteiger partial charge in [-0.25, -0.2) is 0 Å². The SMILES string of the molecule is CCN(Cc1ccccc1)c1ccc([N+](=O)[O-])cc1CBr. The third-order valence-corrected chi connectivity index (χ3v) is 3.96. The van der Waals surface area contributed by atoms with Crippen molar-refractivity contribution in [3.63, 3.8) is 0 Å². The van der Waals surface area contributed by atoms with Gasteiger partial charge in [0.1, 0.15) is 0 Å². The molecule has 0 aliphatic rings. The van der Waals surface area contributed by atoms with Crippen LogP contribution in [0, 0.1) is 10.1 Å². The summed E-state index contributed by atoms with van der Waals surface area (Å²) in [5, 5.41) is 11.5. The average molecular weight is 349 g/mol. The summed E-state index contributed by atoms with van der Waals surface area (Å²) in [5.74, 6) is 0. The number of nitro benzene ring substituents is 1. The van der Waals surface area contributed by atoms with Crippen LogP contribution in [0.25, 0.3) is 0 Å². The minimum absolute atomic E-state index is 0.129. The molecule has 0 radical (unpaired) electrons. The fourth-order valence-electron chi connectivity index (χ4n) is 2.27. The molecule has 0 aliphatic carbocycles. The highest BCUT2D eigenvalue weighted by Crippen LogP contribution is 2.28. The number of halogens is 1. The summed E-state index contributed by atoms with van der Waals surface area (Å²) in [7, 11) is 0. The van der Waals surface area contributed by atoms with Crippen LogP contribution >= 0.6 is 15.9 Å². The highest BCUT2D eigenvalue weighted by atomic mass is 79.9. The van der Waals surface area contributed by atoms with E-state index in [1.807, 2.05) is 24.3 Å². The van der Waals surface area contributed by atoms with Crippen molar-refractivity contribution >= 4 is 27.3 Å². The van der Waals surface area contributed by atoms with E-state index in [2.05, 4.69) is 39.9 Å². The van der Waals surface area contributed by atoms with Gasteiger partial charge in [-0.2, -0.15) is 0 Å². The first-order chi connectivity index (χ1) is 10.2. The summed E-state index contributed by atoms with van der Waals surface area (Å²) >= 11 is 3.43. The van der Waals surface area contributed by atoms with Crippen LogP contribution in [0.2, 0.25) is 0 Å². The number of nitro groups is 1. The number of hydrogen-bond acceptors (Lipinski definition) is 3. The van der Waals surface area contributed by atoms with E-state index >= 15 is 0 Å². The maximum absolute atomic E-state index is 10.9. The predicted octanol–water partition coefficient (Wildman–Crippen LogP) is 4.52. The number of nitrogens with zero attached hydrogens (tertiary/aromatic N) is 2. The summed E-state index contributed by atoms with van der Waals surface area (Å²) in [5.41, 5.74) is 3.31. The van der Waals surface area contributed by atoms with Gasteiger partial charge in [-0.15, -0.1) is 0 Å². The molecule has 2 rings (SSSR count). The summed E-state index contributed by atoms with van der Waals surface area (Å²) < 4.78 is 0. The number of hydrogen-bond donors (Lipinski definition) is 0. The number of rotatable bonds is 6. The fourth-order valence-corrected chi connectivity index (χ4v) is 2.72. The molecule has 0 spiro atoms. The Kier molecular flexibility index (Phi) is 5.33. The van der Waals surface area contributed by atoms with E-state index in [9.17, 15) is 10.1 Å². The maximum Gasteiger partial charge on any atom is 0.269 e. The molecule has 0 saturated carbocycles. The molecular formula is C16H17BrN2O2. The Labute approximate surface area is 132 Å². The van der Waals surface area contributed by atoms with Crippen molar-refractivity contribution in [1.82, 2.24) is 0 Å². The van der Waals surface area contributed by atoms with Gasteiger partial charge in [-0.3, -0.25) is 10.1 Å². The highest BCUT2D eigenvalue weighted by Gasteiger charge is 2.14. The molecule has 0 aliphatic heterocycles. The molecule has 0 aromatic heterocycles. The zero-order valence-electron chi connectivity index (χ0n) is 11.8. The normalized spacial score (nSPS) is 10.4. The molecule has 5 heteroatoms. The molecule has 0 fully saturated rings. The Morgan fingerprint density at radius 3 is 2.48 bits per heavy atom. The molecule has 0 heterocycles. The number of alkyl halides is 1. The van der Waals surface area contributed by atoms with Gasteiger partial charge in [0.25, 0.3) is 5.69 Å². The van der Waals surface area contributed by atoms with Crippen molar-refractivity contribution in [3.8, 4) is 0 Å². The Morgan fingerprint density at radius 2 is 1.90 bits per heavy atom. The second kappa shape index (κ2) is 7.22. The number of anilines is 1. The van der Waals surface area contributed by atoms with Gasteiger partial charge in [-0.1, -0.05) is 46.3 Å². The van der Waals surface area contributed by atoms with Crippen LogP contribution in [0.4, 0.5) is 11.4 Å². The Balaban J connectivity index is 2.31. The van der Waals surface area contributed by atoms with Crippen LogP contribution < -0.4 is 4.90 Å². The van der Waals surface area contributed by atoms with Gasteiger partial charge >= 0.3 is 0 Å². The molecule has 4 nitrogen and oxygen atoms in total. The van der Waals surface area contributed by atoms with Crippen LogP contribution in [-0.4, -0.2) is 11.5 Å². The molecule has 110 valence electrons. The van der Waals surface area contributed by atoms with Gasteiger partial charge in [0.2, 0.25) is 0 Å². The van der Waals surface area contributed by atoms with Crippen molar-refractivity contribution < 1.29 is 4.92 Å². The summed E-state index contributed by atoms with van der Waals surface area (Å²) in [6.07, 6.45) is 0. The first-order valence-corrected chi connectivity index (χ1v) is 7.90. The second-order valence-corrected chi connectivity index (χ2v) is 5.26. The second-order valence-electron chi connectivity index (χ2n) is 4.70. The molecular weight excluding hydrogens is 332 g/mol. The zero-order valence-corrected chi connectivity index (χ0v) is 13.4. The van der Waals surface area contributed by atoms with E-state index in [1.54, 1.807) is 12.1 Å². The van der Waals surface area contributed by atoms with E-state index < -0.39 is 0 Å². The Hall–Kier alpha value is -1.88. The van der Waals surface area contributed by atoms with E-state index in [0.717, 1.165) is 24.3 Å². The lowest BCUT2D eigenvalue weighted by atomic mass is 10.1. The summed E-state index contributed by atoms with van der Waals surface area (Å²) in [6.45, 7) is 3.71. The predicted molar refractivity (Wildman–Crippen MR) is 88.9 cm³/mol. The topological polar surface area (TPSA) is 46.4 Å². The van der Waals surface area contributed by atoms with Gasteiger partial charge in [-0.05, 0) is 24.1 Å². The highest BCUT2D eigenvalue weighted by molar-refractivity contribution is 9.08. The lowest BCUT2D eigenvalue weighted by molar-refractivity contribution is -0.384. The maximum atomic E-state index is 10.9. The average Bonchev–Trinajstić information content (AvgIpc) is 2.53. The summed E-state index contributed by atoms with van der Waals surface area (Å²) in [4.78, 5) is 12.7. The minimum atomic E-state index is -0.358. The van der Waals surface area contributed by atoms with Crippen LogP contribution in [0.1, 0.15) is 18.1 Å². The van der Waals surface area contributed by atoms with Gasteiger partial charge < -0.3 is 4.90 Å².